The van der Waals surface area contributed by atoms with Crippen molar-refractivity contribution in [3.05, 3.63) is 105 Å². The zero-order valence-corrected chi connectivity index (χ0v) is 24.2. The fraction of sp³-hybridized carbons (Fsp3) is 0.273. The Bertz CT molecular complexity index is 1700. The summed E-state index contributed by atoms with van der Waals surface area (Å²) in [6, 6.07) is 26.0. The monoisotopic (exact) mass is 597 g/mol. The maximum absolute atomic E-state index is 13.6. The Morgan fingerprint density at radius 3 is 2.50 bits per heavy atom. The van der Waals surface area contributed by atoms with Crippen LogP contribution in [0.2, 0.25) is 0 Å². The quantitative estimate of drug-likeness (QED) is 0.186. The van der Waals surface area contributed by atoms with Gasteiger partial charge in [-0.3, -0.25) is 14.7 Å². The molecule has 3 heterocycles. The zero-order valence-electron chi connectivity index (χ0n) is 22.6. The van der Waals surface area contributed by atoms with E-state index in [1.807, 2.05) is 61.5 Å². The van der Waals surface area contributed by atoms with Gasteiger partial charge in [0.1, 0.15) is 5.58 Å². The minimum atomic E-state index is -0.139. The van der Waals surface area contributed by atoms with Crippen LogP contribution in [0.15, 0.2) is 92.5 Å². The summed E-state index contributed by atoms with van der Waals surface area (Å²) in [7, 11) is 0. The Hall–Kier alpha value is -3.52. The summed E-state index contributed by atoms with van der Waals surface area (Å²) in [6.07, 6.45) is 0.829. The van der Waals surface area contributed by atoms with E-state index in [0.717, 1.165) is 72.5 Å². The lowest BCUT2D eigenvalue weighted by atomic mass is 10.1. The molecule has 6 rings (SSSR count). The molecule has 5 aromatic rings. The van der Waals surface area contributed by atoms with E-state index in [1.54, 1.807) is 0 Å². The predicted octanol–water partition coefficient (Wildman–Crippen LogP) is 6.67. The molecule has 1 saturated heterocycles. The lowest BCUT2D eigenvalue weighted by Gasteiger charge is -2.34. The molecule has 0 N–H and O–H groups in total. The van der Waals surface area contributed by atoms with E-state index in [0.29, 0.717) is 23.3 Å². The second-order valence-corrected chi connectivity index (χ2v) is 11.3. The van der Waals surface area contributed by atoms with Crippen molar-refractivity contribution in [1.29, 1.82) is 0 Å². The Kier molecular flexibility index (Phi) is 7.96. The number of benzene rings is 3. The summed E-state index contributed by atoms with van der Waals surface area (Å²) < 4.78 is 13.3. The number of hydrogen-bond acceptors (Lipinski definition) is 6. The fourth-order valence-electron chi connectivity index (χ4n) is 5.38. The molecule has 2 aromatic heterocycles. The largest absolute Gasteiger partial charge is 0.486 e. The molecule has 0 radical (unpaired) electrons. The zero-order chi connectivity index (χ0) is 27.5. The van der Waals surface area contributed by atoms with E-state index >= 15 is 0 Å². The molecule has 0 unspecified atom stereocenters. The highest BCUT2D eigenvalue weighted by Crippen LogP contribution is 2.33. The molecule has 40 heavy (non-hydrogen) atoms. The van der Waals surface area contributed by atoms with E-state index in [-0.39, 0.29) is 11.2 Å². The Balaban J connectivity index is 1.07. The van der Waals surface area contributed by atoms with Crippen LogP contribution >= 0.6 is 15.9 Å². The molecule has 0 saturated carbocycles. The van der Waals surface area contributed by atoms with Crippen molar-refractivity contribution in [3.8, 4) is 17.1 Å². The van der Waals surface area contributed by atoms with Crippen LogP contribution in [0.5, 0.6) is 5.75 Å². The number of nitrogens with zero attached hydrogens (tertiary/aromatic N) is 3. The summed E-state index contributed by atoms with van der Waals surface area (Å²) in [5.74, 6) is 0.767. The summed E-state index contributed by atoms with van der Waals surface area (Å²) in [5, 5.41) is 1.71. The number of para-hydroxylation sites is 1. The first-order chi connectivity index (χ1) is 19.5. The molecule has 1 fully saturated rings. The number of pyridine rings is 1. The first-order valence-electron chi connectivity index (χ1n) is 13.8. The minimum absolute atomic E-state index is 0.139. The minimum Gasteiger partial charge on any atom is -0.486 e. The number of halogens is 1. The fourth-order valence-corrected chi connectivity index (χ4v) is 5.95. The molecule has 0 atom stereocenters. The number of rotatable bonds is 8. The van der Waals surface area contributed by atoms with Gasteiger partial charge in [0.05, 0.1) is 23.2 Å². The van der Waals surface area contributed by atoms with Crippen molar-refractivity contribution in [1.82, 2.24) is 14.8 Å². The van der Waals surface area contributed by atoms with Crippen LogP contribution in [0.4, 0.5) is 0 Å². The van der Waals surface area contributed by atoms with Crippen LogP contribution in [0, 0.1) is 6.92 Å². The summed E-state index contributed by atoms with van der Waals surface area (Å²) >= 11 is 3.51. The highest BCUT2D eigenvalue weighted by Gasteiger charge is 2.20. The number of ether oxygens (including phenoxy) is 1. The van der Waals surface area contributed by atoms with E-state index in [1.165, 1.54) is 5.39 Å². The molecule has 7 heteroatoms. The van der Waals surface area contributed by atoms with Crippen molar-refractivity contribution in [2.24, 2.45) is 0 Å². The van der Waals surface area contributed by atoms with Gasteiger partial charge in [0.25, 0.3) is 0 Å². The average Bonchev–Trinajstić information content (AvgIpc) is 2.97. The normalized spacial score (nSPS) is 14.7. The molecule has 0 aliphatic carbocycles. The first kappa shape index (κ1) is 26.7. The van der Waals surface area contributed by atoms with Gasteiger partial charge in [0.2, 0.25) is 11.2 Å². The lowest BCUT2D eigenvalue weighted by molar-refractivity contribution is 0.120. The third-order valence-corrected chi connectivity index (χ3v) is 7.97. The van der Waals surface area contributed by atoms with Crippen molar-refractivity contribution in [3.63, 3.8) is 0 Å². The molecular formula is C33H32BrN3O3. The summed E-state index contributed by atoms with van der Waals surface area (Å²) in [6.45, 7) is 8.23. The highest BCUT2D eigenvalue weighted by atomic mass is 79.9. The first-order valence-corrected chi connectivity index (χ1v) is 14.6. The van der Waals surface area contributed by atoms with Gasteiger partial charge < -0.3 is 14.1 Å². The van der Waals surface area contributed by atoms with Crippen molar-refractivity contribution >= 4 is 37.8 Å². The molecule has 0 amide bonds. The van der Waals surface area contributed by atoms with Gasteiger partial charge in [-0.15, -0.1) is 0 Å². The van der Waals surface area contributed by atoms with Gasteiger partial charge in [0, 0.05) is 54.7 Å². The molecule has 204 valence electrons. The maximum atomic E-state index is 13.6. The third-order valence-electron chi connectivity index (χ3n) is 7.51. The topological polar surface area (TPSA) is 58.8 Å². The van der Waals surface area contributed by atoms with Gasteiger partial charge in [-0.05, 0) is 43.2 Å². The van der Waals surface area contributed by atoms with Crippen molar-refractivity contribution in [2.45, 2.75) is 19.9 Å². The summed E-state index contributed by atoms with van der Waals surface area (Å²) in [4.78, 5) is 23.3. The highest BCUT2D eigenvalue weighted by molar-refractivity contribution is 9.10. The molecule has 6 nitrogen and oxygen atoms in total. The van der Waals surface area contributed by atoms with Gasteiger partial charge >= 0.3 is 0 Å². The molecule has 0 spiro atoms. The van der Waals surface area contributed by atoms with Crippen molar-refractivity contribution < 1.29 is 9.15 Å². The Labute approximate surface area is 242 Å². The number of hydrogen-bond donors (Lipinski definition) is 0. The second-order valence-electron chi connectivity index (χ2n) is 10.4. The van der Waals surface area contributed by atoms with Gasteiger partial charge in [-0.25, -0.2) is 0 Å². The molecule has 0 bridgehead atoms. The number of fused-ring (bicyclic) bond motifs is 2. The van der Waals surface area contributed by atoms with Gasteiger partial charge in [-0.2, -0.15) is 0 Å². The van der Waals surface area contributed by atoms with Crippen LogP contribution in [0.3, 0.4) is 0 Å². The van der Waals surface area contributed by atoms with Crippen LogP contribution in [-0.2, 0) is 6.54 Å². The predicted molar refractivity (Wildman–Crippen MR) is 164 cm³/mol. The number of piperazine rings is 1. The molecule has 1 aliphatic rings. The maximum Gasteiger partial charge on any atom is 0.235 e. The van der Waals surface area contributed by atoms with E-state index < -0.39 is 0 Å². The van der Waals surface area contributed by atoms with Gasteiger partial charge in [0.15, 0.2) is 5.76 Å². The standard InChI is InChI=1S/C33H32BrN3O3/c1-23-20-26(34)21-28-30(38)33(32(40-31(23)28)25-9-3-2-4-10-25)39-19-7-14-36-15-17-37(18-16-36)22-27-13-12-24-8-5-6-11-29(24)35-27/h2-6,8-13,20-21H,7,14-19,22H2,1H3. The van der Waals surface area contributed by atoms with Gasteiger partial charge in [-0.1, -0.05) is 70.5 Å². The average molecular weight is 599 g/mol. The van der Waals surface area contributed by atoms with Crippen LogP contribution in [-0.4, -0.2) is 54.1 Å². The van der Waals surface area contributed by atoms with E-state index in [2.05, 4.69) is 50.0 Å². The SMILES string of the molecule is Cc1cc(Br)cc2c(=O)c(OCCCN3CCN(Cc4ccc5ccccc5n4)CC3)c(-c3ccccc3)oc12. The van der Waals surface area contributed by atoms with E-state index in [4.69, 9.17) is 14.1 Å². The number of aromatic nitrogens is 1. The lowest BCUT2D eigenvalue weighted by Crippen LogP contribution is -2.46. The van der Waals surface area contributed by atoms with Crippen molar-refractivity contribution in [2.75, 3.05) is 39.3 Å². The van der Waals surface area contributed by atoms with E-state index in [9.17, 15) is 4.79 Å². The Morgan fingerprint density at radius 2 is 1.68 bits per heavy atom. The molecular weight excluding hydrogens is 566 g/mol. The van der Waals surface area contributed by atoms with Crippen LogP contribution < -0.4 is 10.2 Å². The van der Waals surface area contributed by atoms with Crippen LogP contribution in [0.1, 0.15) is 17.7 Å². The second kappa shape index (κ2) is 11.9. The smallest absolute Gasteiger partial charge is 0.235 e. The molecule has 1 aliphatic heterocycles. The molecule has 3 aromatic carbocycles. The van der Waals surface area contributed by atoms with Crippen LogP contribution in [0.25, 0.3) is 33.2 Å². The third kappa shape index (κ3) is 5.82. The summed E-state index contributed by atoms with van der Waals surface area (Å²) in [5.41, 5.74) is 4.36. The Morgan fingerprint density at radius 1 is 0.925 bits per heavy atom. The number of aryl methyl sites for hydroxylation is 1.